The van der Waals surface area contributed by atoms with Crippen molar-refractivity contribution in [1.29, 1.82) is 0 Å². The first-order chi connectivity index (χ1) is 28.0. The van der Waals surface area contributed by atoms with Crippen LogP contribution in [0.1, 0.15) is 94.9 Å². The summed E-state index contributed by atoms with van der Waals surface area (Å²) >= 11 is 6.39. The van der Waals surface area contributed by atoms with Gasteiger partial charge in [-0.2, -0.15) is 0 Å². The van der Waals surface area contributed by atoms with Crippen molar-refractivity contribution < 1.29 is 33.2 Å². The number of carbonyl (C=O) groups is 1. The van der Waals surface area contributed by atoms with Gasteiger partial charge in [-0.15, -0.1) is 0 Å². The SMILES string of the molecule is CC.CC.CCC1(C)COC1.CCCN(CCCOc1cc(N=CC=CC(C)Oc2ccc(NC(=O)NCC3COC3)c(Cl)c2)ccc1OCC)CCC1(C)COC1. The number of benzene rings is 2. The van der Waals surface area contributed by atoms with E-state index in [9.17, 15) is 4.79 Å². The predicted molar refractivity (Wildman–Crippen MR) is 240 cm³/mol. The van der Waals surface area contributed by atoms with Crippen LogP contribution in [0.3, 0.4) is 0 Å². The van der Waals surface area contributed by atoms with Gasteiger partial charge in [0.05, 0.1) is 69.3 Å². The van der Waals surface area contributed by atoms with Crippen LogP contribution in [0.5, 0.6) is 17.2 Å². The first-order valence-corrected chi connectivity index (χ1v) is 22.0. The topological polar surface area (TPSA) is 112 Å². The highest BCUT2D eigenvalue weighted by Gasteiger charge is 2.33. The second kappa shape index (κ2) is 28.2. The Balaban J connectivity index is 0.000000928. The van der Waals surface area contributed by atoms with Crippen LogP contribution in [0.25, 0.3) is 0 Å². The van der Waals surface area contributed by atoms with Gasteiger partial charge in [-0.05, 0) is 89.0 Å². The molecule has 1 unspecified atom stereocenters. The molecule has 3 aliphatic rings. The summed E-state index contributed by atoms with van der Waals surface area (Å²) in [5.74, 6) is 2.38. The predicted octanol–water partition coefficient (Wildman–Crippen LogP) is 10.6. The number of hydrogen-bond donors (Lipinski definition) is 2. The van der Waals surface area contributed by atoms with Crippen molar-refractivity contribution in [3.8, 4) is 17.2 Å². The van der Waals surface area contributed by atoms with Gasteiger partial charge >= 0.3 is 6.03 Å². The third-order valence-corrected chi connectivity index (χ3v) is 10.1. The average molecular weight is 832 g/mol. The van der Waals surface area contributed by atoms with Crippen molar-refractivity contribution in [2.75, 3.05) is 84.4 Å². The fourth-order valence-corrected chi connectivity index (χ4v) is 6.05. The molecule has 2 aromatic rings. The summed E-state index contributed by atoms with van der Waals surface area (Å²) in [4.78, 5) is 19.3. The Hall–Kier alpha value is -3.35. The standard InChI is InChI=1S/C36H51ClN4O6.C6H12O.2C2H6/c1-5-16-41(18-14-36(4)25-44-26-36)17-8-19-46-34-20-29(10-13-33(34)45-6-2)38-15-7-9-27(3)47-30-11-12-32(31(37)21-30)40-35(42)39-22-28-23-43-24-28;1-3-6(2)4-7-5-6;2*1-2/h7,9-13,15,20-21,27-28H,5-6,8,14,16-19,22-26H2,1-4H3,(H2,39,40,42);3-5H2,1-2H3;2*1-2H3. The van der Waals surface area contributed by atoms with Crippen molar-refractivity contribution in [2.45, 2.75) is 101 Å². The molecule has 0 bridgehead atoms. The largest absolute Gasteiger partial charge is 0.490 e. The van der Waals surface area contributed by atoms with Crippen LogP contribution in [0.15, 0.2) is 53.5 Å². The van der Waals surface area contributed by atoms with Gasteiger partial charge in [0, 0.05) is 48.2 Å². The normalized spacial score (nSPS) is 16.8. The van der Waals surface area contributed by atoms with Gasteiger partial charge in [0.15, 0.2) is 11.5 Å². The van der Waals surface area contributed by atoms with Crippen LogP contribution in [0, 0.1) is 16.7 Å². The van der Waals surface area contributed by atoms with E-state index in [0.29, 0.717) is 71.9 Å². The van der Waals surface area contributed by atoms with E-state index in [0.717, 1.165) is 70.3 Å². The van der Waals surface area contributed by atoms with Crippen molar-refractivity contribution in [1.82, 2.24) is 10.2 Å². The number of urea groups is 1. The molecule has 5 rings (SSSR count). The van der Waals surface area contributed by atoms with E-state index in [1.54, 1.807) is 24.4 Å². The number of nitrogens with zero attached hydrogens (tertiary/aromatic N) is 2. The monoisotopic (exact) mass is 831 g/mol. The highest BCUT2D eigenvalue weighted by atomic mass is 35.5. The smallest absolute Gasteiger partial charge is 0.319 e. The summed E-state index contributed by atoms with van der Waals surface area (Å²) in [6, 6.07) is 10.6. The van der Waals surface area contributed by atoms with E-state index in [1.165, 1.54) is 12.8 Å². The van der Waals surface area contributed by atoms with Gasteiger partial charge < -0.3 is 44.0 Å². The third-order valence-electron chi connectivity index (χ3n) is 9.79. The summed E-state index contributed by atoms with van der Waals surface area (Å²) in [6.45, 7) is 30.9. The molecule has 0 spiro atoms. The van der Waals surface area contributed by atoms with Crippen molar-refractivity contribution in [2.24, 2.45) is 21.7 Å². The van der Waals surface area contributed by atoms with Gasteiger partial charge in [-0.3, -0.25) is 4.99 Å². The molecule has 2 amide bonds. The minimum absolute atomic E-state index is 0.235. The maximum Gasteiger partial charge on any atom is 0.319 e. The zero-order chi connectivity index (χ0) is 42.8. The van der Waals surface area contributed by atoms with E-state index >= 15 is 0 Å². The van der Waals surface area contributed by atoms with Crippen LogP contribution in [-0.2, 0) is 14.2 Å². The fraction of sp³-hybridized carbons (Fsp3) is 0.652. The zero-order valence-electron chi connectivity index (χ0n) is 37.3. The highest BCUT2D eigenvalue weighted by molar-refractivity contribution is 6.33. The van der Waals surface area contributed by atoms with E-state index in [4.69, 9.17) is 40.0 Å². The molecule has 12 heteroatoms. The Bertz CT molecular complexity index is 1490. The van der Waals surface area contributed by atoms with Crippen LogP contribution >= 0.6 is 11.6 Å². The van der Waals surface area contributed by atoms with E-state index in [2.05, 4.69) is 48.2 Å². The summed E-state index contributed by atoms with van der Waals surface area (Å²) in [5.41, 5.74) is 2.16. The van der Waals surface area contributed by atoms with E-state index < -0.39 is 0 Å². The molecule has 3 saturated heterocycles. The Morgan fingerprint density at radius 1 is 0.931 bits per heavy atom. The van der Waals surface area contributed by atoms with Crippen LogP contribution in [0.2, 0.25) is 5.02 Å². The molecule has 328 valence electrons. The van der Waals surface area contributed by atoms with Crippen LogP contribution in [-0.4, -0.2) is 102 Å². The van der Waals surface area contributed by atoms with Crippen LogP contribution in [0.4, 0.5) is 16.2 Å². The number of aliphatic imine (C=N–C) groups is 1. The van der Waals surface area contributed by atoms with Crippen molar-refractivity contribution >= 4 is 35.2 Å². The lowest BCUT2D eigenvalue weighted by Gasteiger charge is -2.39. The summed E-state index contributed by atoms with van der Waals surface area (Å²) in [7, 11) is 0. The number of hydrogen-bond acceptors (Lipinski definition) is 9. The molecule has 0 radical (unpaired) electrons. The number of amides is 2. The fourth-order valence-electron chi connectivity index (χ4n) is 5.83. The number of allylic oxidation sites excluding steroid dienone is 1. The zero-order valence-corrected chi connectivity index (χ0v) is 38.1. The molecular weight excluding hydrogens is 756 g/mol. The maximum absolute atomic E-state index is 12.2. The molecule has 2 aromatic carbocycles. The van der Waals surface area contributed by atoms with Gasteiger partial charge in [0.1, 0.15) is 11.9 Å². The van der Waals surface area contributed by atoms with E-state index in [-0.39, 0.29) is 12.1 Å². The van der Waals surface area contributed by atoms with Gasteiger partial charge in [-0.25, -0.2) is 4.79 Å². The molecule has 3 heterocycles. The molecule has 11 nitrogen and oxygen atoms in total. The van der Waals surface area contributed by atoms with Crippen molar-refractivity contribution in [3.05, 3.63) is 53.6 Å². The van der Waals surface area contributed by atoms with E-state index in [1.807, 2.05) is 71.9 Å². The molecule has 3 aliphatic heterocycles. The number of anilines is 1. The lowest BCUT2D eigenvalue weighted by molar-refractivity contribution is -0.108. The molecule has 1 atom stereocenters. The molecule has 2 N–H and O–H groups in total. The molecule has 0 aliphatic carbocycles. The first-order valence-electron chi connectivity index (χ1n) is 21.6. The van der Waals surface area contributed by atoms with Gasteiger partial charge in [-0.1, -0.05) is 67.0 Å². The van der Waals surface area contributed by atoms with Crippen molar-refractivity contribution in [3.63, 3.8) is 0 Å². The number of rotatable bonds is 21. The summed E-state index contributed by atoms with van der Waals surface area (Å²) in [5, 5.41) is 5.99. The Kier molecular flexibility index (Phi) is 24.7. The minimum atomic E-state index is -0.302. The van der Waals surface area contributed by atoms with Crippen LogP contribution < -0.4 is 24.8 Å². The Morgan fingerprint density at radius 3 is 2.19 bits per heavy atom. The lowest BCUT2D eigenvalue weighted by Crippen LogP contribution is -2.42. The first kappa shape index (κ1) is 50.8. The lowest BCUT2D eigenvalue weighted by atomic mass is 9.85. The number of halogens is 1. The quantitative estimate of drug-likeness (QED) is 0.0945. The summed E-state index contributed by atoms with van der Waals surface area (Å²) in [6.07, 6.45) is 9.73. The highest BCUT2D eigenvalue weighted by Crippen LogP contribution is 2.33. The summed E-state index contributed by atoms with van der Waals surface area (Å²) < 4.78 is 33.6. The molecule has 3 fully saturated rings. The number of ether oxygens (including phenoxy) is 6. The molecular formula is C46H75ClN4O7. The minimum Gasteiger partial charge on any atom is -0.490 e. The molecule has 58 heavy (non-hydrogen) atoms. The second-order valence-corrected chi connectivity index (χ2v) is 15.6. The maximum atomic E-state index is 12.2. The van der Waals surface area contributed by atoms with Gasteiger partial charge in [0.2, 0.25) is 0 Å². The number of carbonyl (C=O) groups excluding carboxylic acids is 1. The van der Waals surface area contributed by atoms with Gasteiger partial charge in [0.25, 0.3) is 0 Å². The Morgan fingerprint density at radius 2 is 1.64 bits per heavy atom. The second-order valence-electron chi connectivity index (χ2n) is 15.2. The third kappa shape index (κ3) is 18.7. The number of nitrogens with one attached hydrogen (secondary N) is 2. The average Bonchev–Trinajstić information content (AvgIpc) is 3.18. The molecule has 0 aromatic heterocycles. The Labute approximate surface area is 355 Å². The molecule has 0 saturated carbocycles.